The number of halogens is 2. The predicted octanol–water partition coefficient (Wildman–Crippen LogP) is 3.23. The molecule has 0 aromatic heterocycles. The Morgan fingerprint density at radius 3 is 2.33 bits per heavy atom. The van der Waals surface area contributed by atoms with Crippen molar-refractivity contribution in [3.8, 4) is 0 Å². The largest absolute Gasteiger partial charge is 0.243 e. The molecule has 0 amide bonds. The van der Waals surface area contributed by atoms with Crippen LogP contribution in [0.5, 0.6) is 0 Å². The van der Waals surface area contributed by atoms with Crippen LogP contribution >= 0.6 is 27.5 Å². The number of nitrogens with zero attached hydrogens (tertiary/aromatic N) is 1. The van der Waals surface area contributed by atoms with Gasteiger partial charge in [0.25, 0.3) is 0 Å². The molecule has 0 N–H and O–H groups in total. The molecule has 0 atom stereocenters. The Morgan fingerprint density at radius 2 is 1.89 bits per heavy atom. The van der Waals surface area contributed by atoms with Gasteiger partial charge in [0.1, 0.15) is 0 Å². The molecule has 1 aliphatic carbocycles. The lowest BCUT2D eigenvalue weighted by molar-refractivity contribution is 0.227. The molecular formula is C12H15BrClNO2S. The van der Waals surface area contributed by atoms with Crippen LogP contribution in [0.4, 0.5) is 0 Å². The first-order valence-corrected chi connectivity index (χ1v) is 8.66. The molecule has 0 saturated heterocycles. The van der Waals surface area contributed by atoms with Crippen LogP contribution in [0.1, 0.15) is 19.3 Å². The topological polar surface area (TPSA) is 37.4 Å². The Morgan fingerprint density at radius 1 is 1.28 bits per heavy atom. The van der Waals surface area contributed by atoms with Gasteiger partial charge < -0.3 is 0 Å². The fourth-order valence-corrected chi connectivity index (χ4v) is 4.23. The lowest BCUT2D eigenvalue weighted by atomic mass is 9.93. The van der Waals surface area contributed by atoms with Crippen molar-refractivity contribution in [2.24, 2.45) is 0 Å². The molecule has 1 aromatic carbocycles. The fraction of sp³-hybridized carbons (Fsp3) is 0.500. The molecule has 0 aliphatic heterocycles. The highest BCUT2D eigenvalue weighted by molar-refractivity contribution is 9.10. The Hall–Kier alpha value is -0.100. The van der Waals surface area contributed by atoms with Crippen LogP contribution in [0.3, 0.4) is 0 Å². The summed E-state index contributed by atoms with van der Waals surface area (Å²) in [6.45, 7) is 0.380. The van der Waals surface area contributed by atoms with Gasteiger partial charge in [-0.05, 0) is 37.1 Å². The first-order valence-electron chi connectivity index (χ1n) is 5.89. The van der Waals surface area contributed by atoms with E-state index in [9.17, 15) is 8.42 Å². The van der Waals surface area contributed by atoms with Gasteiger partial charge in [0.2, 0.25) is 10.0 Å². The molecule has 0 radical (unpaired) electrons. The third-order valence-corrected chi connectivity index (χ3v) is 5.87. The molecule has 2 rings (SSSR count). The van der Waals surface area contributed by atoms with E-state index >= 15 is 0 Å². The number of hydrogen-bond donors (Lipinski definition) is 0. The van der Waals surface area contributed by atoms with Crippen LogP contribution in [0, 0.1) is 0 Å². The number of hydrogen-bond acceptors (Lipinski definition) is 2. The molecule has 3 nitrogen and oxygen atoms in total. The van der Waals surface area contributed by atoms with Crippen molar-refractivity contribution < 1.29 is 8.42 Å². The van der Waals surface area contributed by atoms with E-state index in [0.29, 0.717) is 17.3 Å². The molecule has 0 unspecified atom stereocenters. The summed E-state index contributed by atoms with van der Waals surface area (Å²) >= 11 is 9.03. The first-order chi connectivity index (χ1) is 8.55. The standard InChI is InChI=1S/C12H15BrClNO2S/c13-10-4-6-12(7-5-10)18(16,17)15(9-8-14)11-2-1-3-11/h4-7,11H,1-3,8-9H2. The maximum atomic E-state index is 12.5. The van der Waals surface area contributed by atoms with Crippen LogP contribution in [-0.2, 0) is 10.0 Å². The highest BCUT2D eigenvalue weighted by Gasteiger charge is 2.34. The molecule has 0 spiro atoms. The van der Waals surface area contributed by atoms with Gasteiger partial charge >= 0.3 is 0 Å². The molecule has 1 aromatic rings. The summed E-state index contributed by atoms with van der Waals surface area (Å²) in [5, 5.41) is 0. The minimum absolute atomic E-state index is 0.123. The molecule has 18 heavy (non-hydrogen) atoms. The SMILES string of the molecule is O=S(=O)(c1ccc(Br)cc1)N(CCCl)C1CCC1. The van der Waals surface area contributed by atoms with Gasteiger partial charge in [-0.25, -0.2) is 8.42 Å². The Bertz CT molecular complexity index is 499. The van der Waals surface area contributed by atoms with Crippen molar-refractivity contribution in [2.45, 2.75) is 30.2 Å². The van der Waals surface area contributed by atoms with E-state index in [1.165, 1.54) is 0 Å². The van der Waals surface area contributed by atoms with Crippen LogP contribution in [0.25, 0.3) is 0 Å². The van der Waals surface area contributed by atoms with Gasteiger partial charge in [-0.1, -0.05) is 22.4 Å². The van der Waals surface area contributed by atoms with Gasteiger partial charge in [0.05, 0.1) is 4.90 Å². The second-order valence-electron chi connectivity index (χ2n) is 4.34. The third-order valence-electron chi connectivity index (χ3n) is 3.21. The van der Waals surface area contributed by atoms with Crippen molar-refractivity contribution >= 4 is 37.6 Å². The number of benzene rings is 1. The monoisotopic (exact) mass is 351 g/mol. The summed E-state index contributed by atoms with van der Waals surface area (Å²) in [5.74, 6) is 0.326. The van der Waals surface area contributed by atoms with E-state index < -0.39 is 10.0 Å². The lowest BCUT2D eigenvalue weighted by Gasteiger charge is -2.36. The summed E-state index contributed by atoms with van der Waals surface area (Å²) in [7, 11) is -3.41. The summed E-state index contributed by atoms with van der Waals surface area (Å²) in [4.78, 5) is 0.336. The zero-order valence-corrected chi connectivity index (χ0v) is 13.0. The molecule has 0 bridgehead atoms. The molecule has 100 valence electrons. The van der Waals surface area contributed by atoms with Crippen molar-refractivity contribution in [3.05, 3.63) is 28.7 Å². The maximum Gasteiger partial charge on any atom is 0.243 e. The van der Waals surface area contributed by atoms with Crippen molar-refractivity contribution in [3.63, 3.8) is 0 Å². The van der Waals surface area contributed by atoms with E-state index in [4.69, 9.17) is 11.6 Å². The smallest absolute Gasteiger partial charge is 0.207 e. The highest BCUT2D eigenvalue weighted by Crippen LogP contribution is 2.30. The van der Waals surface area contributed by atoms with Crippen molar-refractivity contribution in [2.75, 3.05) is 12.4 Å². The van der Waals surface area contributed by atoms with Gasteiger partial charge in [-0.15, -0.1) is 11.6 Å². The van der Waals surface area contributed by atoms with E-state index in [1.54, 1.807) is 28.6 Å². The first kappa shape index (κ1) is 14.3. The third kappa shape index (κ3) is 2.90. The van der Waals surface area contributed by atoms with Gasteiger partial charge in [-0.3, -0.25) is 0 Å². The second kappa shape index (κ2) is 5.90. The summed E-state index contributed by atoms with van der Waals surface area (Å²) < 4.78 is 27.5. The summed E-state index contributed by atoms with van der Waals surface area (Å²) in [6.07, 6.45) is 2.97. The Labute approximate surface area is 121 Å². The minimum Gasteiger partial charge on any atom is -0.207 e. The average molecular weight is 353 g/mol. The average Bonchev–Trinajstić information content (AvgIpc) is 2.26. The zero-order chi connectivity index (χ0) is 13.2. The summed E-state index contributed by atoms with van der Waals surface area (Å²) in [5.41, 5.74) is 0. The van der Waals surface area contributed by atoms with E-state index in [1.807, 2.05) is 0 Å². The second-order valence-corrected chi connectivity index (χ2v) is 7.53. The van der Waals surface area contributed by atoms with Crippen LogP contribution < -0.4 is 0 Å². The van der Waals surface area contributed by atoms with Gasteiger partial charge in [-0.2, -0.15) is 4.31 Å². The normalized spacial score (nSPS) is 16.8. The zero-order valence-electron chi connectivity index (χ0n) is 9.85. The van der Waals surface area contributed by atoms with E-state index in [2.05, 4.69) is 15.9 Å². The highest BCUT2D eigenvalue weighted by atomic mass is 79.9. The van der Waals surface area contributed by atoms with E-state index in [-0.39, 0.29) is 6.04 Å². The number of rotatable bonds is 5. The van der Waals surface area contributed by atoms with E-state index in [0.717, 1.165) is 23.7 Å². The van der Waals surface area contributed by atoms with Gasteiger partial charge in [0, 0.05) is 22.9 Å². The molecule has 0 heterocycles. The molecule has 1 aliphatic rings. The van der Waals surface area contributed by atoms with Crippen LogP contribution in [-0.4, -0.2) is 31.2 Å². The number of alkyl halides is 1. The van der Waals surface area contributed by atoms with Crippen molar-refractivity contribution in [1.29, 1.82) is 0 Å². The summed E-state index contributed by atoms with van der Waals surface area (Å²) in [6, 6.07) is 6.86. The molecular weight excluding hydrogens is 338 g/mol. The molecule has 6 heteroatoms. The van der Waals surface area contributed by atoms with Crippen LogP contribution in [0.15, 0.2) is 33.6 Å². The van der Waals surface area contributed by atoms with Crippen LogP contribution in [0.2, 0.25) is 0 Å². The fourth-order valence-electron chi connectivity index (χ4n) is 2.00. The van der Waals surface area contributed by atoms with Crippen molar-refractivity contribution in [1.82, 2.24) is 4.31 Å². The Kier molecular flexibility index (Phi) is 4.69. The predicted molar refractivity (Wildman–Crippen MR) is 76.4 cm³/mol. The minimum atomic E-state index is -3.41. The number of sulfonamides is 1. The molecule has 1 fully saturated rings. The quantitative estimate of drug-likeness (QED) is 0.763. The Balaban J connectivity index is 2.29. The van der Waals surface area contributed by atoms with Gasteiger partial charge in [0.15, 0.2) is 0 Å². The maximum absolute atomic E-state index is 12.5. The lowest BCUT2D eigenvalue weighted by Crippen LogP contribution is -2.45. The molecule has 1 saturated carbocycles.